The molecule has 3 atom stereocenters. The van der Waals surface area contributed by atoms with Crippen molar-refractivity contribution in [1.82, 2.24) is 10.2 Å². The molecule has 0 radical (unpaired) electrons. The van der Waals surface area contributed by atoms with Crippen molar-refractivity contribution < 1.29 is 4.74 Å². The molecule has 0 bridgehead atoms. The first-order chi connectivity index (χ1) is 8.22. The van der Waals surface area contributed by atoms with Gasteiger partial charge in [0.05, 0.1) is 6.61 Å². The van der Waals surface area contributed by atoms with E-state index >= 15 is 0 Å². The molecule has 1 saturated carbocycles. The maximum Gasteiger partial charge on any atom is 0.0615 e. The van der Waals surface area contributed by atoms with E-state index in [2.05, 4.69) is 31.1 Å². The number of ether oxygens (including phenoxy) is 1. The monoisotopic (exact) mass is 242 g/mol. The largest absolute Gasteiger partial charge is 0.383 e. The van der Waals surface area contributed by atoms with Gasteiger partial charge >= 0.3 is 0 Å². The number of rotatable bonds is 7. The zero-order valence-corrected chi connectivity index (χ0v) is 12.0. The van der Waals surface area contributed by atoms with Gasteiger partial charge in [-0.1, -0.05) is 19.8 Å². The fourth-order valence-electron chi connectivity index (χ4n) is 3.07. The summed E-state index contributed by atoms with van der Waals surface area (Å²) in [4.78, 5) is 2.56. The second kappa shape index (κ2) is 8.06. The third-order valence-corrected chi connectivity index (χ3v) is 4.19. The standard InChI is InChI=1S/C14H30N2O/c1-5-16(12(2)11-17-4)10-13-8-6-7-9-14(13)15-3/h12-15H,5-11H2,1-4H3. The Labute approximate surface area is 107 Å². The van der Waals surface area contributed by atoms with Gasteiger partial charge in [0, 0.05) is 25.7 Å². The lowest BCUT2D eigenvalue weighted by atomic mass is 9.84. The van der Waals surface area contributed by atoms with Crippen molar-refractivity contribution in [3.63, 3.8) is 0 Å². The van der Waals surface area contributed by atoms with E-state index in [4.69, 9.17) is 4.74 Å². The van der Waals surface area contributed by atoms with Crippen LogP contribution >= 0.6 is 0 Å². The molecule has 0 aromatic carbocycles. The summed E-state index contributed by atoms with van der Waals surface area (Å²) in [5.41, 5.74) is 0. The van der Waals surface area contributed by atoms with Crippen molar-refractivity contribution in [3.8, 4) is 0 Å². The van der Waals surface area contributed by atoms with Crippen molar-refractivity contribution in [1.29, 1.82) is 0 Å². The van der Waals surface area contributed by atoms with Crippen LogP contribution in [-0.2, 0) is 4.74 Å². The number of likely N-dealkylation sites (N-methyl/N-ethyl adjacent to an activating group) is 1. The fourth-order valence-corrected chi connectivity index (χ4v) is 3.07. The van der Waals surface area contributed by atoms with Crippen LogP contribution in [0.2, 0.25) is 0 Å². The van der Waals surface area contributed by atoms with Crippen LogP contribution in [0, 0.1) is 5.92 Å². The molecule has 1 aliphatic carbocycles. The molecule has 1 aliphatic rings. The normalized spacial score (nSPS) is 27.4. The first-order valence-electron chi connectivity index (χ1n) is 7.13. The van der Waals surface area contributed by atoms with Crippen molar-refractivity contribution in [2.75, 3.05) is 33.9 Å². The van der Waals surface area contributed by atoms with Gasteiger partial charge in [-0.05, 0) is 39.3 Å². The van der Waals surface area contributed by atoms with Crippen molar-refractivity contribution in [3.05, 3.63) is 0 Å². The summed E-state index contributed by atoms with van der Waals surface area (Å²) < 4.78 is 5.27. The summed E-state index contributed by atoms with van der Waals surface area (Å²) in [6, 6.07) is 1.25. The minimum atomic E-state index is 0.532. The maximum atomic E-state index is 5.27. The van der Waals surface area contributed by atoms with Crippen LogP contribution in [0.15, 0.2) is 0 Å². The molecular formula is C14H30N2O. The second-order valence-electron chi connectivity index (χ2n) is 5.33. The van der Waals surface area contributed by atoms with E-state index in [0.717, 1.165) is 19.1 Å². The number of nitrogens with zero attached hydrogens (tertiary/aromatic N) is 1. The lowest BCUT2D eigenvalue weighted by molar-refractivity contribution is 0.0795. The van der Waals surface area contributed by atoms with Crippen LogP contribution in [0.25, 0.3) is 0 Å². The summed E-state index contributed by atoms with van der Waals surface area (Å²) >= 11 is 0. The van der Waals surface area contributed by atoms with Crippen LogP contribution in [0.4, 0.5) is 0 Å². The van der Waals surface area contributed by atoms with Crippen LogP contribution in [-0.4, -0.2) is 50.8 Å². The van der Waals surface area contributed by atoms with Gasteiger partial charge in [-0.25, -0.2) is 0 Å². The third-order valence-electron chi connectivity index (χ3n) is 4.19. The quantitative estimate of drug-likeness (QED) is 0.740. The van der Waals surface area contributed by atoms with E-state index in [1.807, 2.05) is 0 Å². The summed E-state index contributed by atoms with van der Waals surface area (Å²) in [5.74, 6) is 0.813. The molecule has 0 aromatic rings. The topological polar surface area (TPSA) is 24.5 Å². The molecule has 1 N–H and O–H groups in total. The highest BCUT2D eigenvalue weighted by Crippen LogP contribution is 2.25. The summed E-state index contributed by atoms with van der Waals surface area (Å²) in [5, 5.41) is 3.50. The first kappa shape index (κ1) is 14.9. The lowest BCUT2D eigenvalue weighted by Crippen LogP contribution is -2.46. The van der Waals surface area contributed by atoms with Gasteiger partial charge in [0.25, 0.3) is 0 Å². The van der Waals surface area contributed by atoms with E-state index in [-0.39, 0.29) is 0 Å². The van der Waals surface area contributed by atoms with E-state index in [9.17, 15) is 0 Å². The molecule has 1 rings (SSSR count). The Kier molecular flexibility index (Phi) is 7.09. The zero-order valence-electron chi connectivity index (χ0n) is 12.0. The predicted molar refractivity (Wildman–Crippen MR) is 73.4 cm³/mol. The molecule has 17 heavy (non-hydrogen) atoms. The van der Waals surface area contributed by atoms with Crippen molar-refractivity contribution in [2.24, 2.45) is 5.92 Å². The van der Waals surface area contributed by atoms with E-state index < -0.39 is 0 Å². The highest BCUT2D eigenvalue weighted by molar-refractivity contribution is 4.83. The minimum absolute atomic E-state index is 0.532. The molecule has 3 heteroatoms. The molecule has 0 spiro atoms. The second-order valence-corrected chi connectivity index (χ2v) is 5.33. The summed E-state index contributed by atoms with van der Waals surface area (Å²) in [7, 11) is 3.90. The van der Waals surface area contributed by atoms with Gasteiger partial charge in [0.15, 0.2) is 0 Å². The first-order valence-corrected chi connectivity index (χ1v) is 7.13. The Morgan fingerprint density at radius 1 is 1.35 bits per heavy atom. The molecule has 0 aromatic heterocycles. The zero-order chi connectivity index (χ0) is 12.7. The number of nitrogens with one attached hydrogen (secondary N) is 1. The van der Waals surface area contributed by atoms with Crippen molar-refractivity contribution >= 4 is 0 Å². The Bertz CT molecular complexity index is 199. The fraction of sp³-hybridized carbons (Fsp3) is 1.00. The van der Waals surface area contributed by atoms with E-state index in [0.29, 0.717) is 12.1 Å². The Balaban J connectivity index is 2.47. The lowest BCUT2D eigenvalue weighted by Gasteiger charge is -2.37. The van der Waals surface area contributed by atoms with Gasteiger partial charge in [-0.2, -0.15) is 0 Å². The smallest absolute Gasteiger partial charge is 0.0615 e. The molecule has 0 amide bonds. The van der Waals surface area contributed by atoms with Crippen LogP contribution in [0.3, 0.4) is 0 Å². The van der Waals surface area contributed by atoms with Crippen LogP contribution < -0.4 is 5.32 Å². The molecule has 1 fully saturated rings. The maximum absolute atomic E-state index is 5.27. The molecule has 0 heterocycles. The molecule has 0 aliphatic heterocycles. The molecule has 102 valence electrons. The average Bonchev–Trinajstić information content (AvgIpc) is 2.36. The van der Waals surface area contributed by atoms with Gasteiger partial charge < -0.3 is 10.1 Å². The Hall–Kier alpha value is -0.120. The van der Waals surface area contributed by atoms with E-state index in [1.165, 1.54) is 32.2 Å². The number of hydrogen-bond acceptors (Lipinski definition) is 3. The van der Waals surface area contributed by atoms with Gasteiger partial charge in [-0.15, -0.1) is 0 Å². The highest BCUT2D eigenvalue weighted by atomic mass is 16.5. The third kappa shape index (κ3) is 4.57. The van der Waals surface area contributed by atoms with Gasteiger partial charge in [0.1, 0.15) is 0 Å². The molecule has 0 saturated heterocycles. The molecule has 3 nitrogen and oxygen atoms in total. The number of methoxy groups -OCH3 is 1. The average molecular weight is 242 g/mol. The predicted octanol–water partition coefficient (Wildman–Crippen LogP) is 2.12. The van der Waals surface area contributed by atoms with Crippen molar-refractivity contribution in [2.45, 2.75) is 51.6 Å². The summed E-state index contributed by atoms with van der Waals surface area (Å²) in [6.45, 7) is 7.70. The van der Waals surface area contributed by atoms with E-state index in [1.54, 1.807) is 7.11 Å². The Morgan fingerprint density at radius 2 is 2.06 bits per heavy atom. The minimum Gasteiger partial charge on any atom is -0.383 e. The molecular weight excluding hydrogens is 212 g/mol. The molecule has 3 unspecified atom stereocenters. The van der Waals surface area contributed by atoms with Crippen LogP contribution in [0.1, 0.15) is 39.5 Å². The van der Waals surface area contributed by atoms with Gasteiger partial charge in [-0.3, -0.25) is 4.90 Å². The van der Waals surface area contributed by atoms with Gasteiger partial charge in [0.2, 0.25) is 0 Å². The summed E-state index contributed by atoms with van der Waals surface area (Å²) in [6.07, 6.45) is 5.51. The van der Waals surface area contributed by atoms with Crippen LogP contribution in [0.5, 0.6) is 0 Å². The number of hydrogen-bond donors (Lipinski definition) is 1. The Morgan fingerprint density at radius 3 is 2.65 bits per heavy atom. The SMILES string of the molecule is CCN(CC1CCCCC1NC)C(C)COC. The highest BCUT2D eigenvalue weighted by Gasteiger charge is 2.26.